The van der Waals surface area contributed by atoms with Crippen molar-refractivity contribution < 1.29 is 4.74 Å². The summed E-state index contributed by atoms with van der Waals surface area (Å²) in [5.74, 6) is 0. The summed E-state index contributed by atoms with van der Waals surface area (Å²) in [5.41, 5.74) is 2.17. The maximum Gasteiger partial charge on any atom is 0.138 e. The van der Waals surface area contributed by atoms with Crippen molar-refractivity contribution in [3.05, 3.63) is 42.5 Å². The molecular formula is C12H15N3O. The molecule has 0 aliphatic heterocycles. The molecule has 0 aliphatic rings. The first-order valence-electron chi connectivity index (χ1n) is 5.31. The number of ether oxygens (including phenoxy) is 1. The summed E-state index contributed by atoms with van der Waals surface area (Å²) in [6.45, 7) is 4.71. The van der Waals surface area contributed by atoms with Gasteiger partial charge in [0, 0.05) is 0 Å². The highest BCUT2D eigenvalue weighted by Crippen LogP contribution is 2.09. The number of benzene rings is 1. The van der Waals surface area contributed by atoms with Gasteiger partial charge in [0.25, 0.3) is 0 Å². The second-order valence-corrected chi connectivity index (χ2v) is 3.87. The molecule has 2 rings (SSSR count). The van der Waals surface area contributed by atoms with E-state index in [2.05, 4.69) is 10.1 Å². The van der Waals surface area contributed by atoms with Crippen LogP contribution in [0.4, 0.5) is 0 Å². The lowest BCUT2D eigenvalue weighted by Crippen LogP contribution is -2.02. The van der Waals surface area contributed by atoms with Crippen molar-refractivity contribution in [2.24, 2.45) is 0 Å². The summed E-state index contributed by atoms with van der Waals surface area (Å²) < 4.78 is 7.25. The maximum absolute atomic E-state index is 5.52. The Morgan fingerprint density at radius 3 is 2.56 bits per heavy atom. The summed E-state index contributed by atoms with van der Waals surface area (Å²) in [5, 5.41) is 4.06. The normalized spacial score (nSPS) is 10.9. The van der Waals surface area contributed by atoms with Crippen LogP contribution in [0.5, 0.6) is 0 Å². The van der Waals surface area contributed by atoms with Crippen LogP contribution in [-0.4, -0.2) is 20.9 Å². The van der Waals surface area contributed by atoms with Crippen molar-refractivity contribution in [2.45, 2.75) is 26.6 Å². The molecule has 16 heavy (non-hydrogen) atoms. The molecule has 0 spiro atoms. The van der Waals surface area contributed by atoms with Gasteiger partial charge in [-0.3, -0.25) is 0 Å². The van der Waals surface area contributed by atoms with E-state index in [-0.39, 0.29) is 6.10 Å². The van der Waals surface area contributed by atoms with Crippen LogP contribution < -0.4 is 0 Å². The lowest BCUT2D eigenvalue weighted by atomic mass is 10.2. The van der Waals surface area contributed by atoms with E-state index >= 15 is 0 Å². The summed E-state index contributed by atoms with van der Waals surface area (Å²) in [6, 6.07) is 8.10. The molecule has 0 saturated heterocycles. The molecule has 2 aromatic rings. The van der Waals surface area contributed by atoms with Gasteiger partial charge in [-0.2, -0.15) is 5.10 Å². The standard InChI is InChI=1S/C12H15N3O/c1-10(2)16-7-11-3-5-12(6-4-11)15-9-13-8-14-15/h3-6,8-10H,7H2,1-2H3. The van der Waals surface area contributed by atoms with Crippen LogP contribution in [-0.2, 0) is 11.3 Å². The average Bonchev–Trinajstić information content (AvgIpc) is 2.80. The molecule has 0 bridgehead atoms. The van der Waals surface area contributed by atoms with E-state index in [0.717, 1.165) is 11.3 Å². The van der Waals surface area contributed by atoms with Crippen LogP contribution in [0.25, 0.3) is 5.69 Å². The fraction of sp³-hybridized carbons (Fsp3) is 0.333. The first-order chi connectivity index (χ1) is 7.75. The number of rotatable bonds is 4. The van der Waals surface area contributed by atoms with Crippen LogP contribution in [0, 0.1) is 0 Å². The monoisotopic (exact) mass is 217 g/mol. The third kappa shape index (κ3) is 2.67. The van der Waals surface area contributed by atoms with E-state index in [1.165, 1.54) is 6.33 Å². The van der Waals surface area contributed by atoms with Gasteiger partial charge in [-0.15, -0.1) is 0 Å². The summed E-state index contributed by atoms with van der Waals surface area (Å²) in [4.78, 5) is 3.91. The van der Waals surface area contributed by atoms with Gasteiger partial charge < -0.3 is 4.74 Å². The minimum atomic E-state index is 0.259. The van der Waals surface area contributed by atoms with Gasteiger partial charge in [-0.25, -0.2) is 9.67 Å². The number of hydrogen-bond donors (Lipinski definition) is 0. The van der Waals surface area contributed by atoms with E-state index in [9.17, 15) is 0 Å². The molecule has 0 fully saturated rings. The molecule has 4 nitrogen and oxygen atoms in total. The largest absolute Gasteiger partial charge is 0.374 e. The molecule has 0 radical (unpaired) electrons. The van der Waals surface area contributed by atoms with Gasteiger partial charge in [0.2, 0.25) is 0 Å². The first kappa shape index (κ1) is 10.8. The highest BCUT2D eigenvalue weighted by molar-refractivity contribution is 5.32. The molecule has 84 valence electrons. The minimum Gasteiger partial charge on any atom is -0.374 e. The van der Waals surface area contributed by atoms with Gasteiger partial charge in [0.05, 0.1) is 18.4 Å². The molecule has 0 aliphatic carbocycles. The van der Waals surface area contributed by atoms with E-state index in [0.29, 0.717) is 6.61 Å². The molecular weight excluding hydrogens is 202 g/mol. The number of nitrogens with zero attached hydrogens (tertiary/aromatic N) is 3. The molecule has 0 saturated carbocycles. The molecule has 0 unspecified atom stereocenters. The van der Waals surface area contributed by atoms with Crippen LogP contribution in [0.1, 0.15) is 19.4 Å². The van der Waals surface area contributed by atoms with E-state index < -0.39 is 0 Å². The molecule has 0 N–H and O–H groups in total. The van der Waals surface area contributed by atoms with Gasteiger partial charge in [0.15, 0.2) is 0 Å². The van der Waals surface area contributed by atoms with Crippen molar-refractivity contribution in [1.29, 1.82) is 0 Å². The number of aromatic nitrogens is 3. The van der Waals surface area contributed by atoms with Crippen LogP contribution in [0.2, 0.25) is 0 Å². The van der Waals surface area contributed by atoms with Gasteiger partial charge in [-0.1, -0.05) is 12.1 Å². The lowest BCUT2D eigenvalue weighted by Gasteiger charge is -2.08. The molecule has 1 aromatic heterocycles. The third-order valence-corrected chi connectivity index (χ3v) is 2.20. The SMILES string of the molecule is CC(C)OCc1ccc(-n2cncn2)cc1. The smallest absolute Gasteiger partial charge is 0.138 e. The topological polar surface area (TPSA) is 39.9 Å². The quantitative estimate of drug-likeness (QED) is 0.788. The van der Waals surface area contributed by atoms with Crippen molar-refractivity contribution in [3.8, 4) is 5.69 Å². The summed E-state index contributed by atoms with van der Waals surface area (Å²) in [6.07, 6.45) is 3.46. The summed E-state index contributed by atoms with van der Waals surface area (Å²) >= 11 is 0. The Bertz CT molecular complexity index is 420. The number of hydrogen-bond acceptors (Lipinski definition) is 3. The van der Waals surface area contributed by atoms with Gasteiger partial charge in [0.1, 0.15) is 12.7 Å². The van der Waals surface area contributed by atoms with Crippen molar-refractivity contribution >= 4 is 0 Å². The van der Waals surface area contributed by atoms with E-state index in [4.69, 9.17) is 4.74 Å². The van der Waals surface area contributed by atoms with Crippen LogP contribution in [0.15, 0.2) is 36.9 Å². The fourth-order valence-corrected chi connectivity index (χ4v) is 1.35. The molecule has 0 amide bonds. The molecule has 4 heteroatoms. The highest BCUT2D eigenvalue weighted by atomic mass is 16.5. The Morgan fingerprint density at radius 2 is 2.00 bits per heavy atom. The highest BCUT2D eigenvalue weighted by Gasteiger charge is 1.99. The minimum absolute atomic E-state index is 0.259. The Kier molecular flexibility index (Phi) is 3.31. The van der Waals surface area contributed by atoms with E-state index in [1.807, 2.05) is 38.1 Å². The Hall–Kier alpha value is -1.68. The summed E-state index contributed by atoms with van der Waals surface area (Å²) in [7, 11) is 0. The lowest BCUT2D eigenvalue weighted by molar-refractivity contribution is 0.0657. The van der Waals surface area contributed by atoms with Crippen molar-refractivity contribution in [3.63, 3.8) is 0 Å². The average molecular weight is 217 g/mol. The van der Waals surface area contributed by atoms with Crippen molar-refractivity contribution in [2.75, 3.05) is 0 Å². The third-order valence-electron chi connectivity index (χ3n) is 2.20. The van der Waals surface area contributed by atoms with Crippen molar-refractivity contribution in [1.82, 2.24) is 14.8 Å². The second kappa shape index (κ2) is 4.90. The Morgan fingerprint density at radius 1 is 1.25 bits per heavy atom. The molecule has 1 heterocycles. The zero-order valence-electron chi connectivity index (χ0n) is 9.50. The Labute approximate surface area is 94.9 Å². The molecule has 0 atom stereocenters. The Balaban J connectivity index is 2.05. The van der Waals surface area contributed by atoms with Crippen LogP contribution in [0.3, 0.4) is 0 Å². The predicted molar refractivity (Wildman–Crippen MR) is 61.3 cm³/mol. The van der Waals surface area contributed by atoms with Gasteiger partial charge in [-0.05, 0) is 31.5 Å². The second-order valence-electron chi connectivity index (χ2n) is 3.87. The molecule has 1 aromatic carbocycles. The zero-order valence-corrected chi connectivity index (χ0v) is 9.50. The maximum atomic E-state index is 5.52. The first-order valence-corrected chi connectivity index (χ1v) is 5.31. The fourth-order valence-electron chi connectivity index (χ4n) is 1.35. The zero-order chi connectivity index (χ0) is 11.4. The van der Waals surface area contributed by atoms with E-state index in [1.54, 1.807) is 11.0 Å². The van der Waals surface area contributed by atoms with Gasteiger partial charge >= 0.3 is 0 Å². The van der Waals surface area contributed by atoms with Crippen LogP contribution >= 0.6 is 0 Å². The predicted octanol–water partition coefficient (Wildman–Crippen LogP) is 2.19.